The summed E-state index contributed by atoms with van der Waals surface area (Å²) in [5.41, 5.74) is 5.66. The minimum atomic E-state index is -5.43. The van der Waals surface area contributed by atoms with Gasteiger partial charge in [-0.05, 0) is 120 Å². The van der Waals surface area contributed by atoms with Gasteiger partial charge in [0.15, 0.2) is 17.7 Å². The molecule has 518 valence electrons. The van der Waals surface area contributed by atoms with Crippen LogP contribution in [0, 0.1) is 47.3 Å². The molecule has 26 nitrogen and oxygen atoms in total. The van der Waals surface area contributed by atoms with Crippen LogP contribution < -0.4 is 21.1 Å². The Labute approximate surface area is 536 Å². The lowest BCUT2D eigenvalue weighted by Crippen LogP contribution is -2.79. The summed E-state index contributed by atoms with van der Waals surface area (Å²) < 4.78 is 82.3. The lowest BCUT2D eigenvalue weighted by Gasteiger charge is -2.55. The van der Waals surface area contributed by atoms with E-state index in [1.54, 1.807) is 27.7 Å². The number of piperidine rings is 1. The second-order valence-electron chi connectivity index (χ2n) is 26.7. The maximum Gasteiger partial charge on any atom is 0.335 e. The number of allylic oxidation sites excluding steroid dienone is 4. The van der Waals surface area contributed by atoms with Crippen LogP contribution in [-0.4, -0.2) is 193 Å². The number of ether oxygens (including phenoxy) is 7. The van der Waals surface area contributed by atoms with Gasteiger partial charge in [0.1, 0.15) is 30.1 Å². The first kappa shape index (κ1) is 76.9. The number of hydrogen-bond donors (Lipinski definition) is 8. The molecule has 0 aromatic rings. The number of hydrogen-bond acceptors (Lipinski definition) is 19. The SMILES string of the molecule is CCCCC(=O)NC1C(NC(N)=O)[C@H](NS(=O)(=O)O)[C@@](C)(O[C@@]23O[C@@H](CC[C@H]2C)C[C@H](OC)C(C)C/C=C/C=C/[C@@H](C)C[C@@H](C)C(=O)[C@H](OC)[C@H](O)C(C)C[C@@H](C)C(=O)CC([C@H](C)C[C@@H]2CC[C@@H](O)[C@H](OC)C2)OC(=O)[C@@H]2CCCCN2C(=O)C3=O)O[C@@H]1C(=O)O. The highest BCUT2D eigenvalue weighted by atomic mass is 32.2. The van der Waals surface area contributed by atoms with Crippen molar-refractivity contribution in [2.75, 3.05) is 27.9 Å². The predicted molar refractivity (Wildman–Crippen MR) is 331 cm³/mol. The molecule has 0 aromatic heterocycles. The van der Waals surface area contributed by atoms with E-state index in [9.17, 15) is 52.3 Å². The van der Waals surface area contributed by atoms with Crippen molar-refractivity contribution < 1.29 is 99.8 Å². The number of aliphatic hydroxyl groups is 2. The summed E-state index contributed by atoms with van der Waals surface area (Å²) in [6.07, 6.45) is 3.57. The van der Waals surface area contributed by atoms with Gasteiger partial charge in [0.2, 0.25) is 11.7 Å². The summed E-state index contributed by atoms with van der Waals surface area (Å²) in [5.74, 6) is -16.4. The molecule has 0 radical (unpaired) electrons. The summed E-state index contributed by atoms with van der Waals surface area (Å²) >= 11 is 0. The molecule has 1 aliphatic carbocycles. The summed E-state index contributed by atoms with van der Waals surface area (Å²) in [6, 6.07) is -8.74. The number of unbranched alkanes of at least 4 members (excludes halogenated alkanes) is 1. The quantitative estimate of drug-likeness (QED) is 0.0570. The molecule has 4 amide bonds. The minimum absolute atomic E-state index is 0.0104. The molecule has 27 heteroatoms. The first-order valence-electron chi connectivity index (χ1n) is 32.5. The number of nitrogens with two attached hydrogens (primary N) is 1. The number of aliphatic carboxylic acids is 1. The second-order valence-corrected chi connectivity index (χ2v) is 27.9. The van der Waals surface area contributed by atoms with E-state index in [2.05, 4.69) is 10.6 Å². The van der Waals surface area contributed by atoms with Crippen LogP contribution in [0.5, 0.6) is 0 Å². The Bertz CT molecular complexity index is 2660. The fourth-order valence-electron chi connectivity index (χ4n) is 14.0. The van der Waals surface area contributed by atoms with Gasteiger partial charge < -0.3 is 69.7 Å². The van der Waals surface area contributed by atoms with Crippen molar-refractivity contribution in [1.82, 2.24) is 20.3 Å². The fourth-order valence-corrected chi connectivity index (χ4v) is 14.7. The maximum absolute atomic E-state index is 16.0. The Balaban J connectivity index is 1.67. The zero-order valence-corrected chi connectivity index (χ0v) is 56.1. The van der Waals surface area contributed by atoms with Crippen molar-refractivity contribution in [1.29, 1.82) is 0 Å². The number of aliphatic hydroxyl groups excluding tert-OH is 2. The lowest BCUT2D eigenvalue weighted by atomic mass is 9.78. The van der Waals surface area contributed by atoms with Gasteiger partial charge in [-0.25, -0.2) is 14.4 Å². The highest BCUT2D eigenvalue weighted by molar-refractivity contribution is 7.83. The Morgan fingerprint density at radius 3 is 2.15 bits per heavy atom. The molecule has 2 bridgehead atoms. The largest absolute Gasteiger partial charge is 0.479 e. The van der Waals surface area contributed by atoms with Gasteiger partial charge in [0.05, 0.1) is 42.6 Å². The number of Topliss-reactive ketones (excluding diaryl/α,β-unsaturated/α-hetero) is 3. The van der Waals surface area contributed by atoms with Crippen molar-refractivity contribution >= 4 is 57.4 Å². The van der Waals surface area contributed by atoms with E-state index in [1.807, 2.05) is 49.8 Å². The molecule has 5 aliphatic rings. The van der Waals surface area contributed by atoms with Crippen LogP contribution in [0.2, 0.25) is 0 Å². The lowest BCUT2D eigenvalue weighted by molar-refractivity contribution is -0.392. The fraction of sp³-hybridized carbons (Fsp3) is 0.812. The molecule has 4 aliphatic heterocycles. The average Bonchev–Trinajstić information content (AvgIpc) is 0.737. The van der Waals surface area contributed by atoms with E-state index in [1.165, 1.54) is 28.3 Å². The normalized spacial score (nSPS) is 38.8. The van der Waals surface area contributed by atoms with Crippen LogP contribution in [0.3, 0.4) is 0 Å². The standard InChI is InChI=1S/C64H105N5O21S/c1-13-14-23-50(72)66-51-52(67-62(65)80)57(68-91(81,82)83)63(9,89-55(51)60(77)78)90-64-41(8)24-26-43(88-64)33-47(84-10)36(3)21-17-15-16-20-35(2)29-39(6)53(73)56(86-12)54(74)40(7)30-37(4)46(71)34-48(38(5)31-42-25-27-45(70)49(32-42)85-11)87-61(79)44-22-18-19-28-69(44)59(76)58(64)75/h15-17,20,35-45,47-49,51-52,54-57,68,70,74H,13-14,18-19,21-34H2,1-12H3,(H,66,72)(H,77,78)(H3,65,67,80)(H,81,82,83)/b17-15+,20-16+/t35-,36?,37-,38-,39-,40?,41-,42+,43+,44+,45-,47+,48?,49-,51?,52?,54-,55+,56+,57+,63-,64+/m1/s1. The molecule has 5 rings (SSSR count). The van der Waals surface area contributed by atoms with Crippen molar-refractivity contribution in [2.24, 2.45) is 53.1 Å². The first-order chi connectivity index (χ1) is 42.7. The number of carbonyl (C=O) groups is 8. The Morgan fingerprint density at radius 2 is 1.53 bits per heavy atom. The number of esters is 1. The van der Waals surface area contributed by atoms with E-state index in [-0.39, 0.29) is 80.8 Å². The topological polar surface area (TPSA) is 382 Å². The van der Waals surface area contributed by atoms with Gasteiger partial charge in [0.25, 0.3) is 11.7 Å². The van der Waals surface area contributed by atoms with Crippen LogP contribution in [0.4, 0.5) is 4.79 Å². The molecule has 5 unspecified atom stereocenters. The Hall–Kier alpha value is -4.81. The monoisotopic (exact) mass is 1310 g/mol. The second kappa shape index (κ2) is 34.6. The van der Waals surface area contributed by atoms with Gasteiger partial charge in [-0.15, -0.1) is 0 Å². The third-order valence-corrected chi connectivity index (χ3v) is 20.0. The average molecular weight is 1310 g/mol. The minimum Gasteiger partial charge on any atom is -0.479 e. The highest BCUT2D eigenvalue weighted by Crippen LogP contribution is 2.45. The summed E-state index contributed by atoms with van der Waals surface area (Å²) in [6.45, 7) is 15.1. The smallest absolute Gasteiger partial charge is 0.335 e. The van der Waals surface area contributed by atoms with Crippen molar-refractivity contribution in [2.45, 2.75) is 256 Å². The Morgan fingerprint density at radius 1 is 0.835 bits per heavy atom. The van der Waals surface area contributed by atoms with Crippen LogP contribution >= 0.6 is 0 Å². The number of methoxy groups -OCH3 is 3. The molecule has 1 saturated carbocycles. The van der Waals surface area contributed by atoms with Gasteiger partial charge in [-0.3, -0.25) is 28.5 Å². The number of rotatable bonds is 16. The van der Waals surface area contributed by atoms with E-state index < -0.39 is 160 Å². The van der Waals surface area contributed by atoms with Crippen molar-refractivity contribution in [3.63, 3.8) is 0 Å². The van der Waals surface area contributed by atoms with E-state index in [0.29, 0.717) is 64.2 Å². The van der Waals surface area contributed by atoms with Crippen LogP contribution in [0.1, 0.15) is 171 Å². The number of carboxylic acids is 1. The van der Waals surface area contributed by atoms with Gasteiger partial charge in [-0.1, -0.05) is 86.1 Å². The molecule has 0 spiro atoms. The van der Waals surface area contributed by atoms with E-state index in [0.717, 1.165) is 11.8 Å². The van der Waals surface area contributed by atoms with Gasteiger partial charge in [0, 0.05) is 64.9 Å². The van der Waals surface area contributed by atoms with Crippen molar-refractivity contribution in [3.05, 3.63) is 24.3 Å². The number of ketones is 3. The molecule has 9 N–H and O–H groups in total. The molecule has 91 heavy (non-hydrogen) atoms. The Kier molecular flexibility index (Phi) is 29.2. The number of fused-ring (bicyclic) bond motifs is 3. The zero-order chi connectivity index (χ0) is 67.9. The van der Waals surface area contributed by atoms with Gasteiger partial charge >= 0.3 is 28.3 Å². The molecule has 3 saturated heterocycles. The third-order valence-electron chi connectivity index (χ3n) is 19.4. The number of nitrogens with zero attached hydrogens (tertiary/aromatic N) is 1. The van der Waals surface area contributed by atoms with Crippen LogP contribution in [-0.2, 0) is 77.0 Å². The number of nitrogens with one attached hydrogen (secondary N) is 3. The summed E-state index contributed by atoms with van der Waals surface area (Å²) in [5, 5.41) is 38.0. The molecule has 0 aromatic carbocycles. The van der Waals surface area contributed by atoms with E-state index in [4.69, 9.17) is 38.9 Å². The van der Waals surface area contributed by atoms with Crippen molar-refractivity contribution in [3.8, 4) is 0 Å². The number of amides is 4. The predicted octanol–water partition coefficient (Wildman–Crippen LogP) is 5.04. The first-order valence-corrected chi connectivity index (χ1v) is 34.0. The molecule has 4 heterocycles. The zero-order valence-electron chi connectivity index (χ0n) is 55.2. The number of primary amides is 1. The van der Waals surface area contributed by atoms with Crippen LogP contribution in [0.15, 0.2) is 24.3 Å². The van der Waals surface area contributed by atoms with E-state index >= 15 is 14.4 Å². The summed E-state index contributed by atoms with van der Waals surface area (Å²) in [7, 11) is -1.06. The molecular weight excluding hydrogens is 1210 g/mol. The maximum atomic E-state index is 16.0. The summed E-state index contributed by atoms with van der Waals surface area (Å²) in [4.78, 5) is 116. The highest BCUT2D eigenvalue weighted by Gasteiger charge is 2.65. The number of carbonyl (C=O) groups excluding carboxylic acids is 7. The van der Waals surface area contributed by atoms with Gasteiger partial charge in [-0.2, -0.15) is 13.1 Å². The van der Waals surface area contributed by atoms with Crippen LogP contribution in [0.25, 0.3) is 0 Å². The number of cyclic esters (lactones) is 1. The molecular formula is C64H105N5O21S. The third kappa shape index (κ3) is 20.6. The number of urea groups is 1. The molecule has 22 atom stereocenters. The number of carboxylic acid groups (broad SMARTS) is 1. The molecule has 4 fully saturated rings.